The number of nitrogens with zero attached hydrogens (tertiary/aromatic N) is 1. The van der Waals surface area contributed by atoms with E-state index in [1.807, 2.05) is 11.9 Å². The first-order valence-electron chi connectivity index (χ1n) is 12.3. The minimum atomic E-state index is -0.655. The number of amides is 2. The highest BCUT2D eigenvalue weighted by Gasteiger charge is 2.60. The van der Waals surface area contributed by atoms with Gasteiger partial charge in [-0.15, -0.1) is 0 Å². The van der Waals surface area contributed by atoms with E-state index in [2.05, 4.69) is 25.2 Å². The van der Waals surface area contributed by atoms with Crippen LogP contribution in [0, 0.1) is 40.2 Å². The van der Waals surface area contributed by atoms with Gasteiger partial charge < -0.3 is 10.2 Å². The van der Waals surface area contributed by atoms with E-state index in [0.29, 0.717) is 23.3 Å². The van der Waals surface area contributed by atoms with Crippen LogP contribution in [0.5, 0.6) is 0 Å². The van der Waals surface area contributed by atoms with Gasteiger partial charge in [-0.2, -0.15) is 0 Å². The Hall–Kier alpha value is -2.24. The minimum Gasteiger partial charge on any atom is -0.353 e. The number of benzene rings is 1. The molecule has 0 unspecified atom stereocenters. The highest BCUT2D eigenvalue weighted by molar-refractivity contribution is 5.89. The van der Waals surface area contributed by atoms with Crippen LogP contribution >= 0.6 is 0 Å². The van der Waals surface area contributed by atoms with Crippen LogP contribution in [0.15, 0.2) is 30.4 Å². The third-order valence-corrected chi connectivity index (χ3v) is 9.75. The van der Waals surface area contributed by atoms with Crippen molar-refractivity contribution >= 4 is 11.8 Å². The number of hydrogen-bond acceptors (Lipinski definition) is 2. The Morgan fingerprint density at radius 1 is 1.06 bits per heavy atom. The Kier molecular flexibility index (Phi) is 5.41. The second-order valence-corrected chi connectivity index (χ2v) is 11.3. The molecule has 3 saturated carbocycles. The lowest BCUT2D eigenvalue weighted by Gasteiger charge is -2.60. The zero-order valence-corrected chi connectivity index (χ0v) is 19.7. The molecule has 6 heteroatoms. The van der Waals surface area contributed by atoms with Gasteiger partial charge in [-0.1, -0.05) is 19.9 Å². The molecule has 4 aliphatic rings. The summed E-state index contributed by atoms with van der Waals surface area (Å²) in [4.78, 5) is 27.0. The predicted molar refractivity (Wildman–Crippen MR) is 122 cm³/mol. The lowest BCUT2D eigenvalue weighted by atomic mass is 9.48. The van der Waals surface area contributed by atoms with Crippen LogP contribution in [-0.4, -0.2) is 35.8 Å². The van der Waals surface area contributed by atoms with E-state index in [1.54, 1.807) is 6.08 Å². The number of halogens is 2. The topological polar surface area (TPSA) is 49.4 Å². The van der Waals surface area contributed by atoms with Crippen LogP contribution < -0.4 is 5.32 Å². The van der Waals surface area contributed by atoms with Gasteiger partial charge in [-0.05, 0) is 85.5 Å². The van der Waals surface area contributed by atoms with Crippen molar-refractivity contribution in [2.24, 2.45) is 28.6 Å². The molecule has 1 aliphatic heterocycles. The monoisotopic (exact) mass is 456 g/mol. The summed E-state index contributed by atoms with van der Waals surface area (Å²) in [6.07, 6.45) is 10.3. The van der Waals surface area contributed by atoms with E-state index in [0.717, 1.165) is 44.6 Å². The molecule has 0 bridgehead atoms. The molecule has 0 radical (unpaired) electrons. The van der Waals surface area contributed by atoms with Gasteiger partial charge in [0.2, 0.25) is 11.8 Å². The van der Waals surface area contributed by atoms with Crippen LogP contribution in [0.3, 0.4) is 0 Å². The SMILES string of the molecule is CN1C(=O)C=C[C@]2(C)[C@H]3CC[C@]4(C)[C@@H](NC(=O)Cc5cc(F)cc(F)c5)CC[C@H]4[C@@H]3CC[C@@H]12. The summed E-state index contributed by atoms with van der Waals surface area (Å²) < 4.78 is 27.0. The van der Waals surface area contributed by atoms with Gasteiger partial charge in [0, 0.05) is 30.6 Å². The van der Waals surface area contributed by atoms with E-state index in [1.165, 1.54) is 12.1 Å². The summed E-state index contributed by atoms with van der Waals surface area (Å²) >= 11 is 0. The quantitative estimate of drug-likeness (QED) is 0.721. The predicted octanol–water partition coefficient (Wildman–Crippen LogP) is 4.63. The van der Waals surface area contributed by atoms with Crippen molar-refractivity contribution < 1.29 is 18.4 Å². The number of nitrogens with one attached hydrogen (secondary N) is 1. The molecule has 7 atom stereocenters. The Morgan fingerprint density at radius 2 is 1.79 bits per heavy atom. The molecule has 1 aromatic carbocycles. The first-order chi connectivity index (χ1) is 15.6. The largest absolute Gasteiger partial charge is 0.353 e. The Morgan fingerprint density at radius 3 is 2.52 bits per heavy atom. The van der Waals surface area contributed by atoms with Crippen molar-refractivity contribution in [2.75, 3.05) is 7.05 Å². The minimum absolute atomic E-state index is 0.00962. The third-order valence-electron chi connectivity index (χ3n) is 9.75. The normalized spacial score (nSPS) is 39.6. The first kappa shape index (κ1) is 22.5. The molecule has 0 aromatic heterocycles. The van der Waals surface area contributed by atoms with Crippen molar-refractivity contribution in [3.8, 4) is 0 Å². The van der Waals surface area contributed by atoms with Crippen molar-refractivity contribution in [1.82, 2.24) is 10.2 Å². The maximum Gasteiger partial charge on any atom is 0.246 e. The van der Waals surface area contributed by atoms with E-state index >= 15 is 0 Å². The Labute approximate surface area is 194 Å². The van der Waals surface area contributed by atoms with Crippen LogP contribution in [0.25, 0.3) is 0 Å². The lowest BCUT2D eigenvalue weighted by Crippen LogP contribution is -2.60. The van der Waals surface area contributed by atoms with Crippen molar-refractivity contribution in [1.29, 1.82) is 0 Å². The fourth-order valence-electron chi connectivity index (χ4n) is 8.12. The average Bonchev–Trinajstić information content (AvgIpc) is 3.06. The molecule has 5 rings (SSSR count). The van der Waals surface area contributed by atoms with Gasteiger partial charge >= 0.3 is 0 Å². The molecule has 178 valence electrons. The standard InChI is InChI=1S/C27H34F2N2O2/c1-26-10-8-21-19(4-7-23-27(21,2)11-9-25(33)31(23)3)20(26)5-6-22(26)30-24(32)14-16-12-17(28)15-18(29)13-16/h9,11-13,15,19-23H,4-8,10,14H2,1-3H3,(H,30,32)/t19-,20-,21-,22-,23+,26-,27+/m0/s1. The smallest absolute Gasteiger partial charge is 0.246 e. The molecule has 1 heterocycles. The summed E-state index contributed by atoms with van der Waals surface area (Å²) in [6, 6.07) is 3.64. The molecule has 33 heavy (non-hydrogen) atoms. The summed E-state index contributed by atoms with van der Waals surface area (Å²) in [5.41, 5.74) is 0.408. The molecule has 1 N–H and O–H groups in total. The average molecular weight is 457 g/mol. The van der Waals surface area contributed by atoms with E-state index in [9.17, 15) is 18.4 Å². The first-order valence-corrected chi connectivity index (χ1v) is 12.3. The fraction of sp³-hybridized carbons (Fsp3) is 0.630. The highest BCUT2D eigenvalue weighted by atomic mass is 19.1. The number of carbonyl (C=O) groups is 2. The van der Waals surface area contributed by atoms with Gasteiger partial charge in [-0.3, -0.25) is 9.59 Å². The summed E-state index contributed by atoms with van der Waals surface area (Å²) in [5, 5.41) is 3.23. The summed E-state index contributed by atoms with van der Waals surface area (Å²) in [6.45, 7) is 4.66. The lowest BCUT2D eigenvalue weighted by molar-refractivity contribution is -0.138. The van der Waals surface area contributed by atoms with Crippen LogP contribution in [0.1, 0.15) is 57.9 Å². The van der Waals surface area contributed by atoms with E-state index < -0.39 is 11.6 Å². The Bertz CT molecular complexity index is 990. The molecule has 2 amide bonds. The van der Waals surface area contributed by atoms with Crippen molar-refractivity contribution in [3.63, 3.8) is 0 Å². The second-order valence-electron chi connectivity index (χ2n) is 11.3. The zero-order chi connectivity index (χ0) is 23.5. The van der Waals surface area contributed by atoms with Gasteiger partial charge in [-0.25, -0.2) is 8.78 Å². The van der Waals surface area contributed by atoms with Crippen molar-refractivity contribution in [3.05, 3.63) is 47.5 Å². The summed E-state index contributed by atoms with van der Waals surface area (Å²) in [7, 11) is 1.94. The maximum atomic E-state index is 13.5. The van der Waals surface area contributed by atoms with Gasteiger partial charge in [0.25, 0.3) is 0 Å². The molecule has 0 saturated heterocycles. The van der Waals surface area contributed by atoms with Crippen molar-refractivity contribution in [2.45, 2.75) is 70.9 Å². The fourth-order valence-corrected chi connectivity index (χ4v) is 8.12. The maximum absolute atomic E-state index is 13.5. The molecule has 3 aliphatic carbocycles. The number of hydrogen-bond donors (Lipinski definition) is 1. The number of rotatable bonds is 3. The highest BCUT2D eigenvalue weighted by Crippen LogP contribution is 2.63. The molecular formula is C27H34F2N2O2. The van der Waals surface area contributed by atoms with Gasteiger partial charge in [0.15, 0.2) is 0 Å². The van der Waals surface area contributed by atoms with E-state index in [4.69, 9.17) is 0 Å². The van der Waals surface area contributed by atoms with Crippen LogP contribution in [-0.2, 0) is 16.0 Å². The molecule has 1 aromatic rings. The van der Waals surface area contributed by atoms with E-state index in [-0.39, 0.29) is 41.1 Å². The van der Waals surface area contributed by atoms with Crippen LogP contribution in [0.4, 0.5) is 8.78 Å². The third kappa shape index (κ3) is 3.60. The van der Waals surface area contributed by atoms with Crippen LogP contribution in [0.2, 0.25) is 0 Å². The number of likely N-dealkylation sites (N-methyl/N-ethyl adjacent to an activating group) is 1. The Balaban J connectivity index is 1.31. The molecule has 0 spiro atoms. The number of fused-ring (bicyclic) bond motifs is 5. The molecular weight excluding hydrogens is 422 g/mol. The molecule has 4 nitrogen and oxygen atoms in total. The molecule has 3 fully saturated rings. The second kappa shape index (κ2) is 7.92. The number of carbonyl (C=O) groups excluding carboxylic acids is 2. The zero-order valence-electron chi connectivity index (χ0n) is 19.7. The van der Waals surface area contributed by atoms with Gasteiger partial charge in [0.05, 0.1) is 6.42 Å². The van der Waals surface area contributed by atoms with Gasteiger partial charge in [0.1, 0.15) is 11.6 Å². The summed E-state index contributed by atoms with van der Waals surface area (Å²) in [5.74, 6) is 0.316.